The molecule has 0 saturated carbocycles. The zero-order valence-corrected chi connectivity index (χ0v) is 16.0. The van der Waals surface area contributed by atoms with Gasteiger partial charge in [-0.1, -0.05) is 36.0 Å². The van der Waals surface area contributed by atoms with Gasteiger partial charge in [0.05, 0.1) is 27.5 Å². The molecule has 0 saturated heterocycles. The minimum atomic E-state index is -0.482. The molecule has 0 aliphatic rings. The first-order valence-corrected chi connectivity index (χ1v) is 9.58. The van der Waals surface area contributed by atoms with E-state index in [0.717, 1.165) is 28.2 Å². The summed E-state index contributed by atoms with van der Waals surface area (Å²) in [6.45, 7) is 1.59. The number of nitrogens with zero attached hydrogens (tertiary/aromatic N) is 3. The summed E-state index contributed by atoms with van der Waals surface area (Å²) in [6, 6.07) is 12.3. The maximum atomic E-state index is 12.2. The highest BCUT2D eigenvalue weighted by molar-refractivity contribution is 7.99. The Hall–Kier alpha value is -3.66. The molecule has 0 radical (unpaired) electrons. The lowest BCUT2D eigenvalue weighted by atomic mass is 10.1. The number of carbonyl (C=O) groups is 1. The Morgan fingerprint density at radius 1 is 1.24 bits per heavy atom. The Morgan fingerprint density at radius 2 is 2.07 bits per heavy atom. The van der Waals surface area contributed by atoms with Crippen molar-refractivity contribution in [3.05, 3.63) is 64.3 Å². The van der Waals surface area contributed by atoms with Crippen molar-refractivity contribution in [3.63, 3.8) is 0 Å². The fraction of sp³-hybridized carbons (Fsp3) is 0.105. The third kappa shape index (κ3) is 3.83. The van der Waals surface area contributed by atoms with E-state index >= 15 is 0 Å². The quantitative estimate of drug-likeness (QED) is 0.278. The third-order valence-electron chi connectivity index (χ3n) is 4.33. The van der Waals surface area contributed by atoms with Crippen LogP contribution in [-0.4, -0.2) is 31.8 Å². The number of carbonyl (C=O) groups excluding carboxylic acids is 1. The fourth-order valence-corrected chi connectivity index (χ4v) is 3.46. The van der Waals surface area contributed by atoms with Crippen molar-refractivity contribution in [1.82, 2.24) is 15.2 Å². The average molecular weight is 409 g/mol. The van der Waals surface area contributed by atoms with Gasteiger partial charge >= 0.3 is 0 Å². The first-order valence-electron chi connectivity index (χ1n) is 8.59. The molecule has 0 unspecified atom stereocenters. The molecule has 4 aromatic rings. The molecule has 0 aliphatic heterocycles. The maximum Gasteiger partial charge on any atom is 0.277 e. The molecular weight excluding hydrogens is 394 g/mol. The number of rotatable bonds is 6. The molecule has 10 heteroatoms. The summed E-state index contributed by atoms with van der Waals surface area (Å²) in [5.74, 6) is 0.0582. The molecule has 146 valence electrons. The summed E-state index contributed by atoms with van der Waals surface area (Å²) >= 11 is 1.09. The normalized spacial score (nSPS) is 10.9. The number of aromatic nitrogens is 3. The second-order valence-corrected chi connectivity index (χ2v) is 7.09. The summed E-state index contributed by atoms with van der Waals surface area (Å²) in [5, 5.41) is 22.9. The molecular formula is C19H15N5O4S. The number of anilines is 1. The molecule has 0 atom stereocenters. The lowest BCUT2D eigenvalue weighted by Gasteiger charge is -2.07. The van der Waals surface area contributed by atoms with Crippen LogP contribution in [0.2, 0.25) is 0 Å². The number of amides is 1. The molecule has 29 heavy (non-hydrogen) atoms. The fourth-order valence-electron chi connectivity index (χ4n) is 2.90. The van der Waals surface area contributed by atoms with Gasteiger partial charge in [-0.2, -0.15) is 0 Å². The van der Waals surface area contributed by atoms with Gasteiger partial charge in [0.2, 0.25) is 5.91 Å². The zero-order chi connectivity index (χ0) is 20.4. The number of aromatic amines is 1. The molecule has 2 heterocycles. The van der Waals surface area contributed by atoms with Crippen molar-refractivity contribution < 1.29 is 14.1 Å². The minimum Gasteiger partial charge on any atom is -0.411 e. The van der Waals surface area contributed by atoms with Crippen molar-refractivity contribution in [2.45, 2.75) is 12.1 Å². The molecule has 0 fully saturated rings. The summed E-state index contributed by atoms with van der Waals surface area (Å²) in [7, 11) is 0. The standard InChI is InChI=1S/C19H15N5O4S/c1-11-14(7-4-8-16(11)24(26)27)21-17(25)10-29-19-23-22-18(28-19)13-9-20-15-6-3-2-5-12(13)15/h2-9,20H,10H2,1H3,(H,21,25). The number of para-hydroxylation sites is 1. The van der Waals surface area contributed by atoms with Gasteiger partial charge in [0, 0.05) is 23.2 Å². The van der Waals surface area contributed by atoms with Gasteiger partial charge < -0.3 is 14.7 Å². The maximum absolute atomic E-state index is 12.2. The number of nitro groups is 1. The number of nitro benzene ring substituents is 1. The predicted octanol–water partition coefficient (Wildman–Crippen LogP) is 4.17. The van der Waals surface area contributed by atoms with Crippen LogP contribution in [0.4, 0.5) is 11.4 Å². The van der Waals surface area contributed by atoms with E-state index in [1.165, 1.54) is 12.1 Å². The molecule has 9 nitrogen and oxygen atoms in total. The van der Waals surface area contributed by atoms with Crippen LogP contribution >= 0.6 is 11.8 Å². The number of benzene rings is 2. The van der Waals surface area contributed by atoms with E-state index in [9.17, 15) is 14.9 Å². The van der Waals surface area contributed by atoms with Crippen molar-refractivity contribution in [3.8, 4) is 11.5 Å². The molecule has 2 aromatic carbocycles. The first kappa shape index (κ1) is 18.7. The monoisotopic (exact) mass is 409 g/mol. The number of thioether (sulfide) groups is 1. The number of fused-ring (bicyclic) bond motifs is 1. The predicted molar refractivity (Wildman–Crippen MR) is 109 cm³/mol. The second-order valence-electron chi connectivity index (χ2n) is 6.16. The van der Waals surface area contributed by atoms with Gasteiger partial charge in [-0.15, -0.1) is 10.2 Å². The number of hydrogen-bond acceptors (Lipinski definition) is 7. The van der Waals surface area contributed by atoms with Gasteiger partial charge in [0.25, 0.3) is 16.8 Å². The molecule has 4 rings (SSSR count). The van der Waals surface area contributed by atoms with E-state index in [1.807, 2.05) is 24.3 Å². The van der Waals surface area contributed by atoms with E-state index < -0.39 is 4.92 Å². The smallest absolute Gasteiger partial charge is 0.277 e. The van der Waals surface area contributed by atoms with Crippen LogP contribution in [0, 0.1) is 17.0 Å². The SMILES string of the molecule is Cc1c(NC(=O)CSc2nnc(-c3c[nH]c4ccccc34)o2)cccc1[N+](=O)[O-]. The van der Waals surface area contributed by atoms with E-state index in [1.54, 1.807) is 19.2 Å². The first-order chi connectivity index (χ1) is 14.0. The summed E-state index contributed by atoms with van der Waals surface area (Å²) in [4.78, 5) is 25.9. The molecule has 0 aliphatic carbocycles. The number of hydrogen-bond donors (Lipinski definition) is 2. The Bertz CT molecular complexity index is 1220. The van der Waals surface area contributed by atoms with E-state index in [2.05, 4.69) is 20.5 Å². The van der Waals surface area contributed by atoms with Crippen molar-refractivity contribution in [2.75, 3.05) is 11.1 Å². The van der Waals surface area contributed by atoms with Crippen molar-refractivity contribution in [1.29, 1.82) is 0 Å². The summed E-state index contributed by atoms with van der Waals surface area (Å²) < 4.78 is 5.66. The van der Waals surface area contributed by atoms with Crippen molar-refractivity contribution in [2.24, 2.45) is 0 Å². The van der Waals surface area contributed by atoms with Crippen LogP contribution in [0.25, 0.3) is 22.4 Å². The van der Waals surface area contributed by atoms with Gasteiger partial charge in [0.15, 0.2) is 0 Å². The Morgan fingerprint density at radius 3 is 2.90 bits per heavy atom. The average Bonchev–Trinajstić information content (AvgIpc) is 3.34. The second kappa shape index (κ2) is 7.76. The molecule has 0 spiro atoms. The lowest BCUT2D eigenvalue weighted by molar-refractivity contribution is -0.385. The molecule has 1 amide bonds. The largest absolute Gasteiger partial charge is 0.411 e. The molecule has 2 aromatic heterocycles. The van der Waals surface area contributed by atoms with Gasteiger partial charge in [-0.25, -0.2) is 0 Å². The highest BCUT2D eigenvalue weighted by atomic mass is 32.2. The Labute approximate surface area is 168 Å². The van der Waals surface area contributed by atoms with Gasteiger partial charge in [-0.3, -0.25) is 14.9 Å². The zero-order valence-electron chi connectivity index (χ0n) is 15.2. The Balaban J connectivity index is 1.42. The van der Waals surface area contributed by atoms with Crippen LogP contribution in [0.1, 0.15) is 5.56 Å². The van der Waals surface area contributed by atoms with E-state index in [0.29, 0.717) is 17.1 Å². The third-order valence-corrected chi connectivity index (χ3v) is 5.15. The minimum absolute atomic E-state index is 0.0254. The highest BCUT2D eigenvalue weighted by Crippen LogP contribution is 2.30. The van der Waals surface area contributed by atoms with Gasteiger partial charge in [-0.05, 0) is 19.1 Å². The van der Waals surface area contributed by atoms with E-state index in [4.69, 9.17) is 4.42 Å². The van der Waals surface area contributed by atoms with Crippen LogP contribution < -0.4 is 5.32 Å². The van der Waals surface area contributed by atoms with Gasteiger partial charge in [0.1, 0.15) is 0 Å². The van der Waals surface area contributed by atoms with Crippen molar-refractivity contribution >= 4 is 39.9 Å². The van der Waals surface area contributed by atoms with Crippen LogP contribution in [0.5, 0.6) is 0 Å². The number of H-pyrrole nitrogens is 1. The number of nitrogens with one attached hydrogen (secondary N) is 2. The van der Waals surface area contributed by atoms with Crippen LogP contribution in [0.3, 0.4) is 0 Å². The lowest BCUT2D eigenvalue weighted by Crippen LogP contribution is -2.15. The topological polar surface area (TPSA) is 127 Å². The van der Waals surface area contributed by atoms with E-state index in [-0.39, 0.29) is 22.6 Å². The molecule has 0 bridgehead atoms. The molecule has 2 N–H and O–H groups in total. The summed E-state index contributed by atoms with van der Waals surface area (Å²) in [5.41, 5.74) is 2.50. The Kier molecular flexibility index (Phi) is 5.00. The van der Waals surface area contributed by atoms with Crippen LogP contribution in [-0.2, 0) is 4.79 Å². The summed E-state index contributed by atoms with van der Waals surface area (Å²) in [6.07, 6.45) is 1.80. The highest BCUT2D eigenvalue weighted by Gasteiger charge is 2.17. The van der Waals surface area contributed by atoms with Crippen LogP contribution in [0.15, 0.2) is 58.3 Å².